The van der Waals surface area contributed by atoms with Crippen molar-refractivity contribution in [2.24, 2.45) is 0 Å². The lowest BCUT2D eigenvalue weighted by molar-refractivity contribution is -0.111. The van der Waals surface area contributed by atoms with Gasteiger partial charge in [0.25, 0.3) is 0 Å². The first-order valence-corrected chi connectivity index (χ1v) is 8.33. The van der Waals surface area contributed by atoms with Crippen molar-refractivity contribution in [1.82, 2.24) is 0 Å². The first-order chi connectivity index (χ1) is 12.0. The maximum absolute atomic E-state index is 12.2. The van der Waals surface area contributed by atoms with Crippen LogP contribution in [0.2, 0.25) is 0 Å². The Bertz CT molecular complexity index is 777. The van der Waals surface area contributed by atoms with Crippen LogP contribution in [0, 0.1) is 6.92 Å². The summed E-state index contributed by atoms with van der Waals surface area (Å²) < 4.78 is 16.9. The molecule has 25 heavy (non-hydrogen) atoms. The Kier molecular flexibility index (Phi) is 6.47. The molecule has 0 radical (unpaired) electrons. The molecule has 0 atom stereocenters. The number of methoxy groups -OCH3 is 3. The highest BCUT2D eigenvalue weighted by molar-refractivity contribution is 9.10. The number of hydrogen-bond donors (Lipinski definition) is 1. The van der Waals surface area contributed by atoms with Gasteiger partial charge in [0.1, 0.15) is 0 Å². The van der Waals surface area contributed by atoms with Crippen LogP contribution < -0.4 is 19.5 Å². The molecular weight excluding hydrogens is 386 g/mol. The molecule has 0 aliphatic heterocycles. The third-order valence-corrected chi connectivity index (χ3v) is 4.05. The van der Waals surface area contributed by atoms with Crippen molar-refractivity contribution in [3.05, 3.63) is 52.0 Å². The number of nitrogens with one attached hydrogen (secondary N) is 1. The third-order valence-electron chi connectivity index (χ3n) is 3.56. The second-order valence-corrected chi connectivity index (χ2v) is 6.16. The summed E-state index contributed by atoms with van der Waals surface area (Å²) in [6.45, 7) is 1.93. The first kappa shape index (κ1) is 18.9. The van der Waals surface area contributed by atoms with Crippen molar-refractivity contribution >= 4 is 33.6 Å². The minimum absolute atomic E-state index is 0.223. The Morgan fingerprint density at radius 3 is 2.20 bits per heavy atom. The fourth-order valence-electron chi connectivity index (χ4n) is 2.31. The number of anilines is 1. The van der Waals surface area contributed by atoms with Crippen LogP contribution >= 0.6 is 15.9 Å². The van der Waals surface area contributed by atoms with Gasteiger partial charge < -0.3 is 19.5 Å². The van der Waals surface area contributed by atoms with Crippen LogP contribution in [0.25, 0.3) is 6.08 Å². The molecule has 0 heterocycles. The van der Waals surface area contributed by atoms with Crippen LogP contribution in [-0.4, -0.2) is 27.2 Å². The Balaban J connectivity index is 2.19. The van der Waals surface area contributed by atoms with Crippen molar-refractivity contribution in [3.8, 4) is 17.2 Å². The molecule has 0 spiro atoms. The van der Waals surface area contributed by atoms with Crippen molar-refractivity contribution in [1.29, 1.82) is 0 Å². The Hall–Kier alpha value is -2.47. The lowest BCUT2D eigenvalue weighted by atomic mass is 10.1. The lowest BCUT2D eigenvalue weighted by Gasteiger charge is -2.12. The smallest absolute Gasteiger partial charge is 0.248 e. The molecule has 0 fully saturated rings. The molecule has 1 amide bonds. The summed E-state index contributed by atoms with van der Waals surface area (Å²) >= 11 is 3.40. The minimum atomic E-state index is -0.223. The zero-order valence-corrected chi connectivity index (χ0v) is 16.1. The third kappa shape index (κ3) is 4.76. The monoisotopic (exact) mass is 405 g/mol. The molecule has 2 aromatic rings. The Morgan fingerprint density at radius 1 is 1.04 bits per heavy atom. The van der Waals surface area contributed by atoms with E-state index in [1.807, 2.05) is 25.1 Å². The number of hydrogen-bond acceptors (Lipinski definition) is 4. The molecule has 0 aliphatic rings. The standard InChI is InChI=1S/C19H20BrNO4/c1-12-9-14(20)6-7-15(12)21-18(22)8-5-13-10-16(23-2)19(25-4)17(11-13)24-3/h5-11H,1-4H3,(H,21,22)/b8-5+. The van der Waals surface area contributed by atoms with Gasteiger partial charge in [-0.05, 0) is 54.5 Å². The number of carbonyl (C=O) groups excluding carboxylic acids is 1. The quantitative estimate of drug-likeness (QED) is 0.721. The van der Waals surface area contributed by atoms with E-state index in [1.165, 1.54) is 6.08 Å². The molecule has 2 aromatic carbocycles. The number of aryl methyl sites for hydroxylation is 1. The fraction of sp³-hybridized carbons (Fsp3) is 0.211. The maximum Gasteiger partial charge on any atom is 0.248 e. The van der Waals surface area contributed by atoms with E-state index in [2.05, 4.69) is 21.2 Å². The van der Waals surface area contributed by atoms with Crippen molar-refractivity contribution in [2.75, 3.05) is 26.6 Å². The van der Waals surface area contributed by atoms with Gasteiger partial charge in [-0.15, -0.1) is 0 Å². The highest BCUT2D eigenvalue weighted by atomic mass is 79.9. The average molecular weight is 406 g/mol. The van der Waals surface area contributed by atoms with E-state index >= 15 is 0 Å². The minimum Gasteiger partial charge on any atom is -0.493 e. The van der Waals surface area contributed by atoms with E-state index in [4.69, 9.17) is 14.2 Å². The second kappa shape index (κ2) is 8.58. The highest BCUT2D eigenvalue weighted by Gasteiger charge is 2.12. The first-order valence-electron chi connectivity index (χ1n) is 7.53. The van der Waals surface area contributed by atoms with Crippen LogP contribution in [0.15, 0.2) is 40.9 Å². The van der Waals surface area contributed by atoms with E-state index in [1.54, 1.807) is 39.5 Å². The largest absolute Gasteiger partial charge is 0.493 e. The van der Waals surface area contributed by atoms with E-state index in [0.29, 0.717) is 17.2 Å². The highest BCUT2D eigenvalue weighted by Crippen LogP contribution is 2.38. The topological polar surface area (TPSA) is 56.8 Å². The zero-order valence-electron chi connectivity index (χ0n) is 14.6. The van der Waals surface area contributed by atoms with Crippen molar-refractivity contribution in [3.63, 3.8) is 0 Å². The zero-order chi connectivity index (χ0) is 18.4. The molecule has 0 aliphatic carbocycles. The summed E-state index contributed by atoms with van der Waals surface area (Å²) in [6, 6.07) is 9.22. The SMILES string of the molecule is COc1cc(/C=C/C(=O)Nc2ccc(Br)cc2C)cc(OC)c1OC. The van der Waals surface area contributed by atoms with Crippen molar-refractivity contribution < 1.29 is 19.0 Å². The molecule has 0 saturated heterocycles. The van der Waals surface area contributed by atoms with Gasteiger partial charge in [-0.2, -0.15) is 0 Å². The molecule has 0 bridgehead atoms. The van der Waals surface area contributed by atoms with Gasteiger partial charge in [0, 0.05) is 16.2 Å². The fourth-order valence-corrected chi connectivity index (χ4v) is 2.79. The lowest BCUT2D eigenvalue weighted by Crippen LogP contribution is -2.08. The van der Waals surface area contributed by atoms with Gasteiger partial charge in [0.2, 0.25) is 11.7 Å². The number of ether oxygens (including phenoxy) is 3. The van der Waals surface area contributed by atoms with Gasteiger partial charge in [0.15, 0.2) is 11.5 Å². The second-order valence-electron chi connectivity index (χ2n) is 5.24. The molecule has 0 aromatic heterocycles. The van der Waals surface area contributed by atoms with E-state index in [0.717, 1.165) is 21.3 Å². The Labute approximate surface area is 155 Å². The summed E-state index contributed by atoms with van der Waals surface area (Å²) in [5.41, 5.74) is 2.50. The summed E-state index contributed by atoms with van der Waals surface area (Å²) in [6.07, 6.45) is 3.15. The molecule has 132 valence electrons. The van der Waals surface area contributed by atoms with Crippen LogP contribution in [0.5, 0.6) is 17.2 Å². The molecule has 0 unspecified atom stereocenters. The number of rotatable bonds is 6. The van der Waals surface area contributed by atoms with Gasteiger partial charge in [-0.3, -0.25) is 4.79 Å². The average Bonchev–Trinajstić information content (AvgIpc) is 2.61. The summed E-state index contributed by atoms with van der Waals surface area (Å²) in [5, 5.41) is 2.85. The number of benzene rings is 2. The molecule has 6 heteroatoms. The van der Waals surface area contributed by atoms with Gasteiger partial charge >= 0.3 is 0 Å². The Morgan fingerprint density at radius 2 is 1.68 bits per heavy atom. The molecule has 1 N–H and O–H groups in total. The normalized spacial score (nSPS) is 10.6. The predicted octanol–water partition coefficient (Wildman–Crippen LogP) is 4.44. The van der Waals surface area contributed by atoms with Gasteiger partial charge in [-0.25, -0.2) is 0 Å². The van der Waals surface area contributed by atoms with Crippen molar-refractivity contribution in [2.45, 2.75) is 6.92 Å². The molecular formula is C19H20BrNO4. The van der Waals surface area contributed by atoms with E-state index in [9.17, 15) is 4.79 Å². The summed E-state index contributed by atoms with van der Waals surface area (Å²) in [4.78, 5) is 12.2. The summed E-state index contributed by atoms with van der Waals surface area (Å²) in [7, 11) is 4.64. The molecule has 5 nitrogen and oxygen atoms in total. The van der Waals surface area contributed by atoms with E-state index < -0.39 is 0 Å². The van der Waals surface area contributed by atoms with Gasteiger partial charge in [0.05, 0.1) is 21.3 Å². The number of halogens is 1. The maximum atomic E-state index is 12.2. The molecule has 2 rings (SSSR count). The molecule has 0 saturated carbocycles. The predicted molar refractivity (Wildman–Crippen MR) is 103 cm³/mol. The number of amides is 1. The van der Waals surface area contributed by atoms with Crippen LogP contribution in [0.3, 0.4) is 0 Å². The van der Waals surface area contributed by atoms with Gasteiger partial charge in [-0.1, -0.05) is 15.9 Å². The van der Waals surface area contributed by atoms with Crippen LogP contribution in [0.4, 0.5) is 5.69 Å². The van der Waals surface area contributed by atoms with Crippen LogP contribution in [-0.2, 0) is 4.79 Å². The summed E-state index contributed by atoms with van der Waals surface area (Å²) in [5.74, 6) is 1.35. The number of carbonyl (C=O) groups is 1. The van der Waals surface area contributed by atoms with Crippen LogP contribution in [0.1, 0.15) is 11.1 Å². The van der Waals surface area contributed by atoms with E-state index in [-0.39, 0.29) is 5.91 Å².